The number of aromatic nitrogens is 2. The number of nitrogens with zero attached hydrogens (tertiary/aromatic N) is 4. The predicted molar refractivity (Wildman–Crippen MR) is 113 cm³/mol. The molecule has 2 aromatic rings. The minimum atomic E-state index is -4.46. The number of fused-ring (bicyclic) bond motifs is 4. The average Bonchev–Trinajstić information content (AvgIpc) is 3.15. The van der Waals surface area contributed by atoms with Gasteiger partial charge in [0.15, 0.2) is 21.4 Å². The largest absolute Gasteiger partial charge is 0.389 e. The third kappa shape index (κ3) is 4.92. The van der Waals surface area contributed by atoms with Crippen molar-refractivity contribution in [1.29, 1.82) is 0 Å². The first-order valence-corrected chi connectivity index (χ1v) is 11.9. The van der Waals surface area contributed by atoms with Crippen molar-refractivity contribution < 1.29 is 31.2 Å². The number of Topliss-reactive ketones (excluding diaryl/α,β-unsaturated/α-hetero) is 1. The number of ketones is 1. The fourth-order valence-corrected chi connectivity index (χ4v) is 4.41. The lowest BCUT2D eigenvalue weighted by molar-refractivity contribution is -0.133. The average molecular weight is 483 g/mol. The first kappa shape index (κ1) is 23.0. The van der Waals surface area contributed by atoms with Crippen molar-refractivity contribution in [2.45, 2.75) is 36.4 Å². The van der Waals surface area contributed by atoms with Crippen LogP contribution in [0.5, 0.6) is 0 Å². The van der Waals surface area contributed by atoms with Crippen LogP contribution < -0.4 is 15.1 Å². The molecule has 176 valence electrons. The highest BCUT2D eigenvalue weighted by molar-refractivity contribution is 7.90. The second-order valence-corrected chi connectivity index (χ2v) is 9.93. The molecule has 1 atom stereocenters. The molecular formula is C20H20F3N5O4S. The number of nitrogens with one attached hydrogen (secondary N) is 1. The predicted octanol–water partition coefficient (Wildman–Crippen LogP) is 3.04. The molecule has 2 aliphatic rings. The highest BCUT2D eigenvalue weighted by Gasteiger charge is 2.40. The van der Waals surface area contributed by atoms with E-state index in [0.29, 0.717) is 25.2 Å². The van der Waals surface area contributed by atoms with Crippen molar-refractivity contribution in [3.63, 3.8) is 0 Å². The zero-order chi connectivity index (χ0) is 24.0. The van der Waals surface area contributed by atoms with Gasteiger partial charge in [-0.3, -0.25) is 15.0 Å². The van der Waals surface area contributed by atoms with Crippen molar-refractivity contribution in [3.8, 4) is 0 Å². The molecule has 13 heteroatoms. The molecule has 4 heterocycles. The van der Waals surface area contributed by atoms with Crippen LogP contribution in [0.15, 0.2) is 35.4 Å². The lowest BCUT2D eigenvalue weighted by Gasteiger charge is -2.35. The van der Waals surface area contributed by atoms with Crippen LogP contribution >= 0.6 is 0 Å². The van der Waals surface area contributed by atoms with Crippen molar-refractivity contribution in [3.05, 3.63) is 36.2 Å². The Labute approximate surface area is 187 Å². The van der Waals surface area contributed by atoms with Crippen LogP contribution in [-0.2, 0) is 9.84 Å². The summed E-state index contributed by atoms with van der Waals surface area (Å²) in [5, 5.41) is 2.60. The highest BCUT2D eigenvalue weighted by atomic mass is 32.2. The molecule has 33 heavy (non-hydrogen) atoms. The number of rotatable bonds is 5. The summed E-state index contributed by atoms with van der Waals surface area (Å²) in [7, 11) is -3.45. The quantitative estimate of drug-likeness (QED) is 0.651. The molecule has 0 saturated carbocycles. The molecule has 9 nitrogen and oxygen atoms in total. The molecule has 0 spiro atoms. The molecule has 0 aromatic carbocycles. The number of alkyl halides is 3. The summed E-state index contributed by atoms with van der Waals surface area (Å²) in [5.41, 5.74) is 0.459. The number of halogens is 3. The lowest BCUT2D eigenvalue weighted by atomic mass is 10.1. The third-order valence-electron chi connectivity index (χ3n) is 5.49. The van der Waals surface area contributed by atoms with Crippen LogP contribution in [0.1, 0.15) is 29.8 Å². The molecule has 2 bridgehead atoms. The molecule has 4 rings (SSSR count). The number of pyridine rings is 2. The third-order valence-corrected chi connectivity index (χ3v) is 6.59. The second-order valence-electron chi connectivity index (χ2n) is 7.92. The molecule has 0 radical (unpaired) electrons. The number of anilines is 3. The van der Waals surface area contributed by atoms with E-state index in [4.69, 9.17) is 0 Å². The first-order chi connectivity index (χ1) is 15.4. The Kier molecular flexibility index (Phi) is 5.76. The topological polar surface area (TPSA) is 113 Å². The number of urea groups is 1. The smallest absolute Gasteiger partial charge is 0.366 e. The van der Waals surface area contributed by atoms with Gasteiger partial charge in [0.05, 0.1) is 23.0 Å². The van der Waals surface area contributed by atoms with E-state index in [1.54, 1.807) is 6.07 Å². The van der Waals surface area contributed by atoms with Crippen molar-refractivity contribution >= 4 is 39.0 Å². The SMILES string of the molecule is CS(=O)(=O)c1ccc(NC(=O)N2c3nc(C(=O)CCC(F)(F)F)ccc3N3CC[C@H]2C3)nc1. The standard InChI is InChI=1S/C20H20F3N5O4S/c1-33(31,32)13-2-5-17(24-10-13)26-19(30)28-12-7-9-27(11-12)15-4-3-14(25-18(15)28)16(29)6-8-20(21,22)23/h2-5,10,12H,6-9,11H2,1H3,(H,24,26,30)/t12-/m0/s1. The summed E-state index contributed by atoms with van der Waals surface area (Å²) in [4.78, 5) is 37.0. The lowest BCUT2D eigenvalue weighted by Crippen LogP contribution is -2.48. The van der Waals surface area contributed by atoms with Crippen LogP contribution in [0.2, 0.25) is 0 Å². The number of sulfone groups is 1. The number of hydrogen-bond donors (Lipinski definition) is 1. The molecule has 0 aliphatic carbocycles. The summed E-state index contributed by atoms with van der Waals surface area (Å²) < 4.78 is 60.7. The van der Waals surface area contributed by atoms with Gasteiger partial charge in [-0.1, -0.05) is 0 Å². The summed E-state index contributed by atoms with van der Waals surface area (Å²) >= 11 is 0. The molecule has 0 unspecified atom stereocenters. The second kappa shape index (κ2) is 8.28. The summed E-state index contributed by atoms with van der Waals surface area (Å²) in [6.45, 7) is 1.20. The van der Waals surface area contributed by atoms with Gasteiger partial charge >= 0.3 is 12.2 Å². The van der Waals surface area contributed by atoms with Crippen molar-refractivity contribution in [2.24, 2.45) is 0 Å². The maximum absolute atomic E-state index is 13.1. The molecule has 1 N–H and O–H groups in total. The van der Waals surface area contributed by atoms with Crippen LogP contribution in [0.25, 0.3) is 0 Å². The Morgan fingerprint density at radius 3 is 2.61 bits per heavy atom. The van der Waals surface area contributed by atoms with Gasteiger partial charge in [-0.05, 0) is 30.7 Å². The van der Waals surface area contributed by atoms with E-state index < -0.39 is 40.7 Å². The van der Waals surface area contributed by atoms with Crippen LogP contribution in [0.4, 0.5) is 35.3 Å². The van der Waals surface area contributed by atoms with Crippen LogP contribution in [-0.4, -0.2) is 61.8 Å². The van der Waals surface area contributed by atoms with Gasteiger partial charge in [0.2, 0.25) is 0 Å². The molecule has 2 amide bonds. The number of hydrogen-bond acceptors (Lipinski definition) is 7. The zero-order valence-corrected chi connectivity index (χ0v) is 18.3. The number of carbonyl (C=O) groups is 2. The van der Waals surface area contributed by atoms with Gasteiger partial charge in [-0.25, -0.2) is 23.2 Å². The van der Waals surface area contributed by atoms with Gasteiger partial charge in [0.1, 0.15) is 11.5 Å². The Hall–Kier alpha value is -3.22. The molecule has 2 aromatic heterocycles. The summed E-state index contributed by atoms with van der Waals surface area (Å²) in [5.74, 6) is -0.458. The van der Waals surface area contributed by atoms with E-state index in [9.17, 15) is 31.2 Å². The van der Waals surface area contributed by atoms with Crippen molar-refractivity contribution in [2.75, 3.05) is 34.5 Å². The van der Waals surface area contributed by atoms with Gasteiger partial charge in [-0.15, -0.1) is 0 Å². The number of amides is 2. The van der Waals surface area contributed by atoms with Gasteiger partial charge < -0.3 is 4.90 Å². The fraction of sp³-hybridized carbons (Fsp3) is 0.400. The number of carbonyl (C=O) groups excluding carboxylic acids is 2. The molecule has 2 aliphatic heterocycles. The Morgan fingerprint density at radius 2 is 1.97 bits per heavy atom. The molecular weight excluding hydrogens is 463 g/mol. The van der Waals surface area contributed by atoms with E-state index in [1.165, 1.54) is 23.1 Å². The zero-order valence-electron chi connectivity index (χ0n) is 17.5. The normalized spacial score (nSPS) is 17.6. The maximum Gasteiger partial charge on any atom is 0.389 e. The van der Waals surface area contributed by atoms with Gasteiger partial charge in [0, 0.05) is 32.0 Å². The first-order valence-electron chi connectivity index (χ1n) is 10.0. The Morgan fingerprint density at radius 1 is 1.21 bits per heavy atom. The van der Waals surface area contributed by atoms with E-state index >= 15 is 0 Å². The monoisotopic (exact) mass is 483 g/mol. The summed E-state index contributed by atoms with van der Waals surface area (Å²) in [6, 6.07) is 4.79. The highest BCUT2D eigenvalue weighted by Crippen LogP contribution is 2.39. The van der Waals surface area contributed by atoms with Gasteiger partial charge in [-0.2, -0.15) is 13.2 Å². The van der Waals surface area contributed by atoms with Crippen molar-refractivity contribution in [1.82, 2.24) is 9.97 Å². The van der Waals surface area contributed by atoms with E-state index in [2.05, 4.69) is 15.3 Å². The minimum Gasteiger partial charge on any atom is -0.366 e. The van der Waals surface area contributed by atoms with Crippen LogP contribution in [0.3, 0.4) is 0 Å². The van der Waals surface area contributed by atoms with Gasteiger partial charge in [0.25, 0.3) is 0 Å². The Bertz CT molecular complexity index is 1200. The minimum absolute atomic E-state index is 0.000991. The fourth-order valence-electron chi connectivity index (χ4n) is 3.85. The Balaban J connectivity index is 1.59. The van der Waals surface area contributed by atoms with E-state index in [0.717, 1.165) is 12.5 Å². The molecule has 1 saturated heterocycles. The van der Waals surface area contributed by atoms with E-state index in [1.807, 2.05) is 4.90 Å². The van der Waals surface area contributed by atoms with Crippen LogP contribution in [0, 0.1) is 0 Å². The maximum atomic E-state index is 13.1. The van der Waals surface area contributed by atoms with E-state index in [-0.39, 0.29) is 28.3 Å². The molecule has 1 fully saturated rings. The summed E-state index contributed by atoms with van der Waals surface area (Å²) in [6.07, 6.45) is -3.63.